The highest BCUT2D eigenvalue weighted by Crippen LogP contribution is 2.26. The second kappa shape index (κ2) is 8.31. The van der Waals surface area contributed by atoms with E-state index in [0.717, 1.165) is 32.4 Å². The molecule has 1 atom stereocenters. The zero-order valence-electron chi connectivity index (χ0n) is 17.3. The van der Waals surface area contributed by atoms with E-state index >= 15 is 0 Å². The number of hydrogen-bond donors (Lipinski definition) is 0. The zero-order chi connectivity index (χ0) is 20.4. The van der Waals surface area contributed by atoms with Gasteiger partial charge in [0.2, 0.25) is 5.91 Å². The number of likely N-dealkylation sites (tertiary alicyclic amines) is 1. The van der Waals surface area contributed by atoms with Gasteiger partial charge in [-0.2, -0.15) is 0 Å². The molecule has 0 spiro atoms. The minimum Gasteiger partial charge on any atom is -0.459 e. The number of nitrogens with zero attached hydrogens (tertiary/aromatic N) is 3. The molecule has 0 saturated carbocycles. The van der Waals surface area contributed by atoms with Crippen molar-refractivity contribution < 1.29 is 14.0 Å². The van der Waals surface area contributed by atoms with Gasteiger partial charge >= 0.3 is 0 Å². The van der Waals surface area contributed by atoms with E-state index in [2.05, 4.69) is 36.9 Å². The minimum atomic E-state index is -0.381. The molecule has 154 valence electrons. The molecular weight excluding hydrogens is 366 g/mol. The number of piperazine rings is 1. The monoisotopic (exact) mass is 395 g/mol. The average Bonchev–Trinajstić information content (AvgIpc) is 3.30. The number of carbonyl (C=O) groups excluding carboxylic acids is 2. The summed E-state index contributed by atoms with van der Waals surface area (Å²) in [6, 6.07) is 9.38. The Bertz CT molecular complexity index is 869. The topological polar surface area (TPSA) is 57.0 Å². The summed E-state index contributed by atoms with van der Waals surface area (Å²) < 4.78 is 5.28. The first-order valence-corrected chi connectivity index (χ1v) is 10.5. The fourth-order valence-corrected chi connectivity index (χ4v) is 4.43. The van der Waals surface area contributed by atoms with Crippen molar-refractivity contribution in [3.63, 3.8) is 0 Å². The summed E-state index contributed by atoms with van der Waals surface area (Å²) in [5.74, 6) is 0.205. The number of rotatable bonds is 3. The molecule has 0 radical (unpaired) electrons. The maximum absolute atomic E-state index is 13.3. The first-order valence-electron chi connectivity index (χ1n) is 10.5. The van der Waals surface area contributed by atoms with E-state index in [4.69, 9.17) is 4.42 Å². The number of furan rings is 1. The number of piperidine rings is 1. The number of amides is 2. The van der Waals surface area contributed by atoms with Crippen molar-refractivity contribution >= 4 is 17.5 Å². The van der Waals surface area contributed by atoms with Crippen LogP contribution in [0.3, 0.4) is 0 Å². The molecule has 6 nitrogen and oxygen atoms in total. The maximum atomic E-state index is 13.3. The Balaban J connectivity index is 1.43. The van der Waals surface area contributed by atoms with Crippen LogP contribution in [0.5, 0.6) is 0 Å². The molecule has 1 aromatic carbocycles. The Morgan fingerprint density at radius 2 is 1.76 bits per heavy atom. The largest absolute Gasteiger partial charge is 0.459 e. The predicted octanol–water partition coefficient (Wildman–Crippen LogP) is 3.24. The lowest BCUT2D eigenvalue weighted by Gasteiger charge is -2.41. The smallest absolute Gasteiger partial charge is 0.290 e. The van der Waals surface area contributed by atoms with Crippen molar-refractivity contribution in [1.29, 1.82) is 0 Å². The molecule has 2 amide bonds. The number of anilines is 1. The predicted molar refractivity (Wildman–Crippen MR) is 112 cm³/mol. The van der Waals surface area contributed by atoms with E-state index in [1.54, 1.807) is 17.0 Å². The Hall–Kier alpha value is -2.76. The second-order valence-corrected chi connectivity index (χ2v) is 8.02. The number of carbonyl (C=O) groups is 2. The number of benzene rings is 1. The van der Waals surface area contributed by atoms with Crippen molar-refractivity contribution in [1.82, 2.24) is 9.80 Å². The summed E-state index contributed by atoms with van der Waals surface area (Å²) in [7, 11) is 0. The van der Waals surface area contributed by atoms with Crippen LogP contribution in [0.2, 0.25) is 0 Å². The van der Waals surface area contributed by atoms with Gasteiger partial charge in [-0.3, -0.25) is 9.59 Å². The van der Waals surface area contributed by atoms with E-state index in [0.29, 0.717) is 25.4 Å². The summed E-state index contributed by atoms with van der Waals surface area (Å²) in [6.07, 6.45) is 4.13. The van der Waals surface area contributed by atoms with Crippen LogP contribution >= 0.6 is 0 Å². The Morgan fingerprint density at radius 1 is 0.966 bits per heavy atom. The zero-order valence-corrected chi connectivity index (χ0v) is 17.3. The SMILES string of the molecule is Cc1cccc(N2CCN(C(=O)C3CCCCN3C(=O)c3ccco3)CC2)c1C. The highest BCUT2D eigenvalue weighted by Gasteiger charge is 2.37. The Kier molecular flexibility index (Phi) is 5.60. The lowest BCUT2D eigenvalue weighted by atomic mass is 10.00. The molecular formula is C23H29N3O3. The molecule has 0 N–H and O–H groups in total. The standard InChI is InChI=1S/C23H29N3O3/c1-17-7-5-9-19(18(17)2)24-12-14-25(15-13-24)22(27)20-8-3-4-11-26(20)23(28)21-10-6-16-29-21/h5-7,9-10,16,20H,3-4,8,11-15H2,1-2H3. The lowest BCUT2D eigenvalue weighted by Crippen LogP contribution is -2.57. The van der Waals surface area contributed by atoms with Crippen LogP contribution in [-0.4, -0.2) is 60.4 Å². The van der Waals surface area contributed by atoms with Crippen LogP contribution in [-0.2, 0) is 4.79 Å². The van der Waals surface area contributed by atoms with Gasteiger partial charge in [-0.1, -0.05) is 12.1 Å². The van der Waals surface area contributed by atoms with E-state index in [1.807, 2.05) is 4.90 Å². The third kappa shape index (κ3) is 3.88. The minimum absolute atomic E-state index is 0.0743. The van der Waals surface area contributed by atoms with Gasteiger partial charge in [-0.05, 0) is 62.4 Å². The molecule has 0 bridgehead atoms. The summed E-state index contributed by atoms with van der Waals surface area (Å²) >= 11 is 0. The molecule has 29 heavy (non-hydrogen) atoms. The Labute approximate surface area is 172 Å². The molecule has 2 aliphatic rings. The number of hydrogen-bond acceptors (Lipinski definition) is 4. The molecule has 2 fully saturated rings. The average molecular weight is 396 g/mol. The van der Waals surface area contributed by atoms with Crippen LogP contribution in [0.25, 0.3) is 0 Å². The van der Waals surface area contributed by atoms with Gasteiger partial charge in [0, 0.05) is 38.4 Å². The first kappa shape index (κ1) is 19.6. The Morgan fingerprint density at radius 3 is 2.48 bits per heavy atom. The quantitative estimate of drug-likeness (QED) is 0.801. The van der Waals surface area contributed by atoms with Crippen molar-refractivity contribution in [3.05, 3.63) is 53.5 Å². The van der Waals surface area contributed by atoms with Gasteiger partial charge in [-0.15, -0.1) is 0 Å². The van der Waals surface area contributed by atoms with Crippen molar-refractivity contribution in [2.45, 2.75) is 39.2 Å². The van der Waals surface area contributed by atoms with Gasteiger partial charge in [0.15, 0.2) is 5.76 Å². The van der Waals surface area contributed by atoms with Gasteiger partial charge in [0.1, 0.15) is 6.04 Å². The van der Waals surface area contributed by atoms with Crippen molar-refractivity contribution in [2.24, 2.45) is 0 Å². The molecule has 4 rings (SSSR count). The molecule has 1 aromatic heterocycles. The third-order valence-electron chi connectivity index (χ3n) is 6.29. The highest BCUT2D eigenvalue weighted by atomic mass is 16.3. The normalized spacial score (nSPS) is 20.1. The first-order chi connectivity index (χ1) is 14.1. The number of aryl methyl sites for hydroxylation is 1. The fraction of sp³-hybridized carbons (Fsp3) is 0.478. The van der Waals surface area contributed by atoms with Crippen LogP contribution in [0.4, 0.5) is 5.69 Å². The summed E-state index contributed by atoms with van der Waals surface area (Å²) in [4.78, 5) is 32.1. The maximum Gasteiger partial charge on any atom is 0.290 e. The van der Waals surface area contributed by atoms with Crippen LogP contribution < -0.4 is 4.90 Å². The van der Waals surface area contributed by atoms with Crippen molar-refractivity contribution in [3.8, 4) is 0 Å². The molecule has 2 aromatic rings. The van der Waals surface area contributed by atoms with E-state index in [1.165, 1.54) is 23.1 Å². The molecule has 6 heteroatoms. The van der Waals surface area contributed by atoms with Crippen molar-refractivity contribution in [2.75, 3.05) is 37.6 Å². The van der Waals surface area contributed by atoms with Gasteiger partial charge < -0.3 is 19.1 Å². The lowest BCUT2D eigenvalue weighted by molar-refractivity contribution is -0.137. The molecule has 3 heterocycles. The van der Waals surface area contributed by atoms with E-state index in [-0.39, 0.29) is 17.9 Å². The van der Waals surface area contributed by atoms with Gasteiger partial charge in [0.25, 0.3) is 5.91 Å². The van der Waals surface area contributed by atoms with Crippen LogP contribution in [0.1, 0.15) is 40.9 Å². The molecule has 2 aliphatic heterocycles. The summed E-state index contributed by atoms with van der Waals surface area (Å²) in [5, 5.41) is 0. The van der Waals surface area contributed by atoms with Crippen LogP contribution in [0, 0.1) is 13.8 Å². The molecule has 0 aliphatic carbocycles. The van der Waals surface area contributed by atoms with E-state index < -0.39 is 0 Å². The van der Waals surface area contributed by atoms with E-state index in [9.17, 15) is 9.59 Å². The fourth-order valence-electron chi connectivity index (χ4n) is 4.43. The molecule has 1 unspecified atom stereocenters. The molecule has 2 saturated heterocycles. The van der Waals surface area contributed by atoms with Crippen LogP contribution in [0.15, 0.2) is 41.0 Å². The summed E-state index contributed by atoms with van der Waals surface area (Å²) in [6.45, 7) is 7.90. The van der Waals surface area contributed by atoms with Gasteiger partial charge in [-0.25, -0.2) is 0 Å². The van der Waals surface area contributed by atoms with Gasteiger partial charge in [0.05, 0.1) is 6.26 Å². The third-order valence-corrected chi connectivity index (χ3v) is 6.29. The highest BCUT2D eigenvalue weighted by molar-refractivity contribution is 5.95. The summed E-state index contributed by atoms with van der Waals surface area (Å²) in [5.41, 5.74) is 3.84. The second-order valence-electron chi connectivity index (χ2n) is 8.02.